The predicted octanol–water partition coefficient (Wildman–Crippen LogP) is 4.61. The second kappa shape index (κ2) is 4.73. The SMILES string of the molecule is Fc1ccc(Br)cc1-c1ccc2c(c1)CCCN2. The molecule has 0 amide bonds. The largest absolute Gasteiger partial charge is 0.385 e. The summed E-state index contributed by atoms with van der Waals surface area (Å²) in [6.07, 6.45) is 2.20. The lowest BCUT2D eigenvalue weighted by molar-refractivity contribution is 0.631. The zero-order valence-corrected chi connectivity index (χ0v) is 11.4. The van der Waals surface area contributed by atoms with Gasteiger partial charge in [-0.15, -0.1) is 0 Å². The minimum atomic E-state index is -0.179. The van der Waals surface area contributed by atoms with Gasteiger partial charge >= 0.3 is 0 Å². The maximum atomic E-state index is 13.9. The number of hydrogen-bond donors (Lipinski definition) is 1. The first-order valence-corrected chi connectivity index (χ1v) is 6.85. The highest BCUT2D eigenvalue weighted by atomic mass is 79.9. The van der Waals surface area contributed by atoms with Crippen molar-refractivity contribution in [2.45, 2.75) is 12.8 Å². The fourth-order valence-electron chi connectivity index (χ4n) is 2.36. The molecule has 3 heteroatoms. The van der Waals surface area contributed by atoms with E-state index in [1.165, 1.54) is 17.3 Å². The predicted molar refractivity (Wildman–Crippen MR) is 76.3 cm³/mol. The van der Waals surface area contributed by atoms with Gasteiger partial charge in [-0.3, -0.25) is 0 Å². The lowest BCUT2D eigenvalue weighted by atomic mass is 9.97. The van der Waals surface area contributed by atoms with Gasteiger partial charge in [0.05, 0.1) is 0 Å². The van der Waals surface area contributed by atoms with Crippen LogP contribution >= 0.6 is 15.9 Å². The normalized spacial score (nSPS) is 13.9. The van der Waals surface area contributed by atoms with Crippen molar-refractivity contribution in [3.63, 3.8) is 0 Å². The van der Waals surface area contributed by atoms with Crippen LogP contribution in [0.2, 0.25) is 0 Å². The molecule has 92 valence electrons. The zero-order chi connectivity index (χ0) is 12.5. The third-order valence-corrected chi connectivity index (χ3v) is 3.78. The molecule has 18 heavy (non-hydrogen) atoms. The Bertz CT molecular complexity index is 595. The maximum Gasteiger partial charge on any atom is 0.131 e. The molecule has 3 rings (SSSR count). The molecular weight excluding hydrogens is 293 g/mol. The Labute approximate surface area is 114 Å². The Morgan fingerprint density at radius 3 is 2.89 bits per heavy atom. The van der Waals surface area contributed by atoms with Crippen molar-refractivity contribution in [1.29, 1.82) is 0 Å². The van der Waals surface area contributed by atoms with E-state index in [0.717, 1.165) is 29.4 Å². The van der Waals surface area contributed by atoms with Gasteiger partial charge in [0.25, 0.3) is 0 Å². The number of fused-ring (bicyclic) bond motifs is 1. The second-order valence-electron chi connectivity index (χ2n) is 4.53. The van der Waals surface area contributed by atoms with Crippen LogP contribution in [0.5, 0.6) is 0 Å². The summed E-state index contributed by atoms with van der Waals surface area (Å²) in [5, 5.41) is 3.36. The zero-order valence-electron chi connectivity index (χ0n) is 9.84. The number of anilines is 1. The Morgan fingerprint density at radius 1 is 1.11 bits per heavy atom. The second-order valence-corrected chi connectivity index (χ2v) is 5.44. The van der Waals surface area contributed by atoms with Crippen LogP contribution in [0.25, 0.3) is 11.1 Å². The van der Waals surface area contributed by atoms with Gasteiger partial charge in [0, 0.05) is 22.3 Å². The summed E-state index contributed by atoms with van der Waals surface area (Å²) >= 11 is 3.39. The van der Waals surface area contributed by atoms with E-state index < -0.39 is 0 Å². The monoisotopic (exact) mass is 305 g/mol. The fourth-order valence-corrected chi connectivity index (χ4v) is 2.72. The molecular formula is C15H13BrFN. The Morgan fingerprint density at radius 2 is 2.00 bits per heavy atom. The molecule has 0 spiro atoms. The highest BCUT2D eigenvalue weighted by molar-refractivity contribution is 9.10. The minimum absolute atomic E-state index is 0.179. The van der Waals surface area contributed by atoms with Crippen LogP contribution in [-0.4, -0.2) is 6.54 Å². The molecule has 0 fully saturated rings. The molecule has 0 aromatic heterocycles. The number of rotatable bonds is 1. The molecule has 0 radical (unpaired) electrons. The van der Waals surface area contributed by atoms with Crippen molar-refractivity contribution in [3.05, 3.63) is 52.3 Å². The van der Waals surface area contributed by atoms with Gasteiger partial charge in [0.15, 0.2) is 0 Å². The summed E-state index contributed by atoms with van der Waals surface area (Å²) in [6.45, 7) is 1.03. The topological polar surface area (TPSA) is 12.0 Å². The number of nitrogens with one attached hydrogen (secondary N) is 1. The summed E-state index contributed by atoms with van der Waals surface area (Å²) in [4.78, 5) is 0. The maximum absolute atomic E-state index is 13.9. The highest BCUT2D eigenvalue weighted by Gasteiger charge is 2.11. The van der Waals surface area contributed by atoms with Gasteiger partial charge in [0.1, 0.15) is 5.82 Å². The standard InChI is InChI=1S/C15H13BrFN/c16-12-4-5-14(17)13(9-12)10-3-6-15-11(8-10)2-1-7-18-15/h3-6,8-9,18H,1-2,7H2. The van der Waals surface area contributed by atoms with E-state index in [-0.39, 0.29) is 5.82 Å². The van der Waals surface area contributed by atoms with Crippen molar-refractivity contribution in [1.82, 2.24) is 0 Å². The van der Waals surface area contributed by atoms with E-state index in [0.29, 0.717) is 5.56 Å². The van der Waals surface area contributed by atoms with Crippen LogP contribution < -0.4 is 5.32 Å². The molecule has 1 nitrogen and oxygen atoms in total. The fraction of sp³-hybridized carbons (Fsp3) is 0.200. The van der Waals surface area contributed by atoms with Gasteiger partial charge in [-0.25, -0.2) is 4.39 Å². The van der Waals surface area contributed by atoms with Crippen molar-refractivity contribution in [2.24, 2.45) is 0 Å². The summed E-state index contributed by atoms with van der Waals surface area (Å²) < 4.78 is 14.7. The lowest BCUT2D eigenvalue weighted by Crippen LogP contribution is -2.11. The van der Waals surface area contributed by atoms with E-state index >= 15 is 0 Å². The van der Waals surface area contributed by atoms with Gasteiger partial charge in [-0.2, -0.15) is 0 Å². The van der Waals surface area contributed by atoms with Crippen molar-refractivity contribution < 1.29 is 4.39 Å². The van der Waals surface area contributed by atoms with Gasteiger partial charge in [0.2, 0.25) is 0 Å². The first-order valence-electron chi connectivity index (χ1n) is 6.06. The highest BCUT2D eigenvalue weighted by Crippen LogP contribution is 2.31. The minimum Gasteiger partial charge on any atom is -0.385 e. The molecule has 0 saturated carbocycles. The van der Waals surface area contributed by atoms with Crippen LogP contribution in [-0.2, 0) is 6.42 Å². The molecule has 1 heterocycles. The summed E-state index contributed by atoms with van der Waals surface area (Å²) in [5.74, 6) is -0.179. The molecule has 0 saturated heterocycles. The van der Waals surface area contributed by atoms with Crippen molar-refractivity contribution in [2.75, 3.05) is 11.9 Å². The summed E-state index contributed by atoms with van der Waals surface area (Å²) in [5.41, 5.74) is 4.05. The first-order chi connectivity index (χ1) is 8.74. The summed E-state index contributed by atoms with van der Waals surface area (Å²) in [6, 6.07) is 11.2. The lowest BCUT2D eigenvalue weighted by Gasteiger charge is -2.19. The Balaban J connectivity index is 2.09. The molecule has 0 atom stereocenters. The third kappa shape index (κ3) is 2.15. The molecule has 1 aliphatic rings. The molecule has 1 aliphatic heterocycles. The number of aryl methyl sites for hydroxylation is 1. The van der Waals surface area contributed by atoms with Crippen LogP contribution in [0.1, 0.15) is 12.0 Å². The number of halogens is 2. The average Bonchev–Trinajstić information content (AvgIpc) is 2.41. The Hall–Kier alpha value is -1.35. The number of benzene rings is 2. The van der Waals surface area contributed by atoms with Crippen LogP contribution in [0.4, 0.5) is 10.1 Å². The van der Waals surface area contributed by atoms with E-state index in [1.54, 1.807) is 6.07 Å². The molecule has 2 aromatic carbocycles. The third-order valence-electron chi connectivity index (χ3n) is 3.28. The van der Waals surface area contributed by atoms with Crippen LogP contribution in [0.15, 0.2) is 40.9 Å². The number of hydrogen-bond acceptors (Lipinski definition) is 1. The van der Waals surface area contributed by atoms with Crippen LogP contribution in [0.3, 0.4) is 0 Å². The van der Waals surface area contributed by atoms with E-state index in [9.17, 15) is 4.39 Å². The van der Waals surface area contributed by atoms with Crippen molar-refractivity contribution >= 4 is 21.6 Å². The van der Waals surface area contributed by atoms with Gasteiger partial charge in [-0.1, -0.05) is 22.0 Å². The van der Waals surface area contributed by atoms with E-state index in [1.807, 2.05) is 18.2 Å². The van der Waals surface area contributed by atoms with Crippen molar-refractivity contribution in [3.8, 4) is 11.1 Å². The smallest absolute Gasteiger partial charge is 0.131 e. The van der Waals surface area contributed by atoms with Gasteiger partial charge < -0.3 is 5.32 Å². The van der Waals surface area contributed by atoms with Crippen LogP contribution in [0, 0.1) is 5.82 Å². The molecule has 2 aromatic rings. The van der Waals surface area contributed by atoms with E-state index in [4.69, 9.17) is 0 Å². The quantitative estimate of drug-likeness (QED) is 0.811. The molecule has 0 bridgehead atoms. The first kappa shape index (κ1) is 11.7. The molecule has 1 N–H and O–H groups in total. The van der Waals surface area contributed by atoms with E-state index in [2.05, 4.69) is 27.3 Å². The summed E-state index contributed by atoms with van der Waals surface area (Å²) in [7, 11) is 0. The Kier molecular flexibility index (Phi) is 3.08. The molecule has 0 unspecified atom stereocenters. The molecule has 0 aliphatic carbocycles. The average molecular weight is 306 g/mol. The van der Waals surface area contributed by atoms with Gasteiger partial charge in [-0.05, 0) is 54.3 Å².